The fourth-order valence-electron chi connectivity index (χ4n) is 4.90. The second kappa shape index (κ2) is 8.68. The molecule has 2 aromatic heterocycles. The van der Waals surface area contributed by atoms with Crippen molar-refractivity contribution in [3.05, 3.63) is 41.9 Å². The number of piperidine rings is 1. The highest BCUT2D eigenvalue weighted by Gasteiger charge is 2.30. The fourth-order valence-corrected chi connectivity index (χ4v) is 4.90. The maximum absolute atomic E-state index is 13.2. The van der Waals surface area contributed by atoms with Crippen molar-refractivity contribution >= 4 is 22.9 Å². The van der Waals surface area contributed by atoms with Crippen LogP contribution in [0.1, 0.15) is 36.9 Å². The van der Waals surface area contributed by atoms with E-state index in [1.54, 1.807) is 20.3 Å². The van der Waals surface area contributed by atoms with E-state index in [1.807, 2.05) is 29.0 Å². The number of carbonyl (C=O) groups is 1. The van der Waals surface area contributed by atoms with E-state index < -0.39 is 0 Å². The van der Waals surface area contributed by atoms with Gasteiger partial charge in [-0.25, -0.2) is 9.50 Å². The number of nitrogens with zero attached hydrogens (tertiary/aromatic N) is 4. The molecule has 1 aliphatic heterocycles. The Bertz CT molecular complexity index is 1140. The molecule has 0 saturated carbocycles. The standard InChI is InChI=1S/C24H29N5O3/c1-31-17-9-10-20(21(14-17)32-2)26-24(30)16-6-5-12-28(15-16)23-22-18-7-3-4-8-19(18)27-29(22)13-11-25-23/h9-11,13-14,16H,3-8,12,15H2,1-2H3,(H,26,30). The molecule has 1 N–H and O–H groups in total. The molecule has 32 heavy (non-hydrogen) atoms. The van der Waals surface area contributed by atoms with Crippen molar-refractivity contribution < 1.29 is 14.3 Å². The Morgan fingerprint density at radius 3 is 2.88 bits per heavy atom. The van der Waals surface area contributed by atoms with E-state index in [9.17, 15) is 4.79 Å². The highest BCUT2D eigenvalue weighted by atomic mass is 16.5. The molecule has 3 heterocycles. The summed E-state index contributed by atoms with van der Waals surface area (Å²) in [6, 6.07) is 5.41. The summed E-state index contributed by atoms with van der Waals surface area (Å²) in [5.41, 5.74) is 4.29. The van der Waals surface area contributed by atoms with Gasteiger partial charge in [0.1, 0.15) is 17.0 Å². The summed E-state index contributed by atoms with van der Waals surface area (Å²) in [5.74, 6) is 2.09. The Morgan fingerprint density at radius 1 is 1.16 bits per heavy atom. The maximum Gasteiger partial charge on any atom is 0.229 e. The lowest BCUT2D eigenvalue weighted by atomic mass is 9.95. The zero-order chi connectivity index (χ0) is 22.1. The van der Waals surface area contributed by atoms with Gasteiger partial charge in [-0.15, -0.1) is 0 Å². The average molecular weight is 436 g/mol. The summed E-state index contributed by atoms with van der Waals surface area (Å²) < 4.78 is 12.7. The summed E-state index contributed by atoms with van der Waals surface area (Å²) in [6.07, 6.45) is 10.0. The number of nitrogens with one attached hydrogen (secondary N) is 1. The smallest absolute Gasteiger partial charge is 0.229 e. The van der Waals surface area contributed by atoms with Crippen LogP contribution in [0.4, 0.5) is 11.5 Å². The van der Waals surface area contributed by atoms with Gasteiger partial charge in [-0.1, -0.05) is 0 Å². The quantitative estimate of drug-likeness (QED) is 0.661. The van der Waals surface area contributed by atoms with Gasteiger partial charge in [0, 0.05) is 37.1 Å². The van der Waals surface area contributed by atoms with Crippen LogP contribution in [0.15, 0.2) is 30.6 Å². The Hall–Kier alpha value is -3.29. The Balaban J connectivity index is 1.37. The molecule has 1 aliphatic carbocycles. The summed E-state index contributed by atoms with van der Waals surface area (Å²) >= 11 is 0. The van der Waals surface area contributed by atoms with E-state index in [1.165, 1.54) is 24.1 Å². The lowest BCUT2D eigenvalue weighted by Gasteiger charge is -2.33. The zero-order valence-electron chi connectivity index (χ0n) is 18.6. The summed E-state index contributed by atoms with van der Waals surface area (Å²) in [6.45, 7) is 1.53. The monoisotopic (exact) mass is 435 g/mol. The van der Waals surface area contributed by atoms with Crippen LogP contribution in [0.3, 0.4) is 0 Å². The number of anilines is 2. The predicted octanol–water partition coefficient (Wildman–Crippen LogP) is 3.48. The lowest BCUT2D eigenvalue weighted by molar-refractivity contribution is -0.120. The minimum absolute atomic E-state index is 0.000606. The van der Waals surface area contributed by atoms with E-state index in [-0.39, 0.29) is 11.8 Å². The molecule has 168 valence electrons. The van der Waals surface area contributed by atoms with E-state index in [0.717, 1.165) is 43.6 Å². The second-order valence-electron chi connectivity index (χ2n) is 8.52. The highest BCUT2D eigenvalue weighted by molar-refractivity contribution is 5.94. The lowest BCUT2D eigenvalue weighted by Crippen LogP contribution is -2.41. The molecule has 1 unspecified atom stereocenters. The first-order valence-corrected chi connectivity index (χ1v) is 11.3. The molecular formula is C24H29N5O3. The first kappa shape index (κ1) is 20.6. The van der Waals surface area contributed by atoms with Gasteiger partial charge in [0.25, 0.3) is 0 Å². The van der Waals surface area contributed by atoms with Crippen LogP contribution < -0.4 is 19.7 Å². The molecule has 0 radical (unpaired) electrons. The Labute approximate surface area is 187 Å². The van der Waals surface area contributed by atoms with Gasteiger partial charge in [0.2, 0.25) is 5.91 Å². The number of methoxy groups -OCH3 is 2. The summed E-state index contributed by atoms with van der Waals surface area (Å²) in [7, 11) is 3.20. The van der Waals surface area contributed by atoms with E-state index in [2.05, 4.69) is 10.2 Å². The molecular weight excluding hydrogens is 406 g/mol. The summed E-state index contributed by atoms with van der Waals surface area (Å²) in [4.78, 5) is 20.1. The Morgan fingerprint density at radius 2 is 2.03 bits per heavy atom. The maximum atomic E-state index is 13.2. The molecule has 0 spiro atoms. The molecule has 1 fully saturated rings. The molecule has 1 amide bonds. The van der Waals surface area contributed by atoms with Gasteiger partial charge in [-0.05, 0) is 50.7 Å². The molecule has 5 rings (SSSR count). The van der Waals surface area contributed by atoms with Crippen LogP contribution in [0.2, 0.25) is 0 Å². The van der Waals surface area contributed by atoms with E-state index >= 15 is 0 Å². The second-order valence-corrected chi connectivity index (χ2v) is 8.52. The van der Waals surface area contributed by atoms with Gasteiger partial charge in [-0.3, -0.25) is 4.79 Å². The van der Waals surface area contributed by atoms with Gasteiger partial charge in [0.05, 0.1) is 31.5 Å². The molecule has 1 aromatic carbocycles. The van der Waals surface area contributed by atoms with Gasteiger partial charge in [-0.2, -0.15) is 5.10 Å². The molecule has 8 heteroatoms. The van der Waals surface area contributed by atoms with Crippen LogP contribution in [0.25, 0.3) is 5.52 Å². The van der Waals surface area contributed by atoms with Crippen LogP contribution in [-0.4, -0.2) is 47.8 Å². The minimum atomic E-state index is -0.128. The normalized spacial score (nSPS) is 18.3. The van der Waals surface area contributed by atoms with Crippen molar-refractivity contribution in [1.29, 1.82) is 0 Å². The van der Waals surface area contributed by atoms with Crippen LogP contribution >= 0.6 is 0 Å². The number of benzene rings is 1. The number of fused-ring (bicyclic) bond motifs is 3. The first-order chi connectivity index (χ1) is 15.7. The number of carbonyl (C=O) groups excluding carboxylic acids is 1. The third-order valence-electron chi connectivity index (χ3n) is 6.56. The topological polar surface area (TPSA) is 81.0 Å². The fraction of sp³-hybridized carbons (Fsp3) is 0.458. The van der Waals surface area contributed by atoms with Crippen molar-refractivity contribution in [2.24, 2.45) is 5.92 Å². The van der Waals surface area contributed by atoms with Crippen LogP contribution in [0.5, 0.6) is 11.5 Å². The first-order valence-electron chi connectivity index (χ1n) is 11.3. The van der Waals surface area contributed by atoms with Crippen molar-refractivity contribution in [2.45, 2.75) is 38.5 Å². The molecule has 1 atom stereocenters. The van der Waals surface area contributed by atoms with Crippen molar-refractivity contribution in [3.63, 3.8) is 0 Å². The number of hydrogen-bond donors (Lipinski definition) is 1. The third kappa shape index (κ3) is 3.74. The van der Waals surface area contributed by atoms with Crippen LogP contribution in [0, 0.1) is 5.92 Å². The number of rotatable bonds is 5. The van der Waals surface area contributed by atoms with Crippen molar-refractivity contribution in [3.8, 4) is 11.5 Å². The van der Waals surface area contributed by atoms with Crippen molar-refractivity contribution in [1.82, 2.24) is 14.6 Å². The number of hydrogen-bond acceptors (Lipinski definition) is 6. The molecule has 8 nitrogen and oxygen atoms in total. The highest BCUT2D eigenvalue weighted by Crippen LogP contribution is 2.33. The van der Waals surface area contributed by atoms with Gasteiger partial charge < -0.3 is 19.7 Å². The average Bonchev–Trinajstić information content (AvgIpc) is 3.23. The molecule has 1 saturated heterocycles. The van der Waals surface area contributed by atoms with Crippen molar-refractivity contribution in [2.75, 3.05) is 37.5 Å². The minimum Gasteiger partial charge on any atom is -0.497 e. The summed E-state index contributed by atoms with van der Waals surface area (Å²) in [5, 5.41) is 7.85. The zero-order valence-corrected chi connectivity index (χ0v) is 18.6. The van der Waals surface area contributed by atoms with E-state index in [0.29, 0.717) is 23.7 Å². The molecule has 2 aliphatic rings. The third-order valence-corrected chi connectivity index (χ3v) is 6.56. The predicted molar refractivity (Wildman–Crippen MR) is 123 cm³/mol. The largest absolute Gasteiger partial charge is 0.497 e. The SMILES string of the molecule is COc1ccc(NC(=O)C2CCCN(c3nccn4nc5c(c34)CCCC5)C2)c(OC)c1. The molecule has 3 aromatic rings. The van der Waals surface area contributed by atoms with Crippen LogP contribution in [-0.2, 0) is 17.6 Å². The molecule has 0 bridgehead atoms. The number of aryl methyl sites for hydroxylation is 2. The Kier molecular flexibility index (Phi) is 5.59. The number of ether oxygens (including phenoxy) is 2. The van der Waals surface area contributed by atoms with Gasteiger partial charge in [0.15, 0.2) is 5.82 Å². The number of amides is 1. The number of aromatic nitrogens is 3. The van der Waals surface area contributed by atoms with Gasteiger partial charge >= 0.3 is 0 Å². The van der Waals surface area contributed by atoms with E-state index in [4.69, 9.17) is 19.6 Å².